The lowest BCUT2D eigenvalue weighted by Crippen LogP contribution is -2.29. The van der Waals surface area contributed by atoms with E-state index in [0.717, 1.165) is 11.2 Å². The fourth-order valence-electron chi connectivity index (χ4n) is 3.35. The van der Waals surface area contributed by atoms with Crippen molar-refractivity contribution in [1.82, 2.24) is 24.9 Å². The Morgan fingerprint density at radius 2 is 2.20 bits per heavy atom. The molecule has 25 heavy (non-hydrogen) atoms. The van der Waals surface area contributed by atoms with Gasteiger partial charge in [-0.05, 0) is 18.2 Å². The molecule has 3 heterocycles. The second-order valence-electron chi connectivity index (χ2n) is 6.32. The summed E-state index contributed by atoms with van der Waals surface area (Å²) in [5, 5.41) is 8.16. The van der Waals surface area contributed by atoms with Gasteiger partial charge in [0.25, 0.3) is 5.91 Å². The van der Waals surface area contributed by atoms with Gasteiger partial charge < -0.3 is 14.1 Å². The number of carbonyl (C=O) groups is 1. The monoisotopic (exact) mass is 341 g/mol. The fraction of sp³-hybridized carbons (Fsp3) is 0.412. The number of likely N-dealkylation sites (tertiary alicyclic amines) is 1. The Morgan fingerprint density at radius 3 is 2.92 bits per heavy atom. The Hall–Kier alpha value is -2.74. The van der Waals surface area contributed by atoms with E-state index < -0.39 is 0 Å². The molecule has 3 aromatic rings. The molecule has 0 aliphatic carbocycles. The molecule has 2 aromatic heterocycles. The summed E-state index contributed by atoms with van der Waals surface area (Å²) in [5.41, 5.74) is 2.79. The van der Waals surface area contributed by atoms with Crippen molar-refractivity contribution in [2.24, 2.45) is 7.05 Å². The first-order valence-electron chi connectivity index (χ1n) is 8.10. The van der Waals surface area contributed by atoms with Crippen molar-refractivity contribution in [1.29, 1.82) is 0 Å². The second-order valence-corrected chi connectivity index (χ2v) is 6.32. The molecule has 1 fully saturated rings. The average Bonchev–Trinajstić information content (AvgIpc) is 3.29. The van der Waals surface area contributed by atoms with Crippen molar-refractivity contribution in [2.75, 3.05) is 20.2 Å². The van der Waals surface area contributed by atoms with Crippen molar-refractivity contribution < 1.29 is 13.9 Å². The Labute approximate surface area is 144 Å². The van der Waals surface area contributed by atoms with Crippen LogP contribution in [-0.2, 0) is 11.8 Å². The summed E-state index contributed by atoms with van der Waals surface area (Å²) in [4.78, 5) is 19.0. The van der Waals surface area contributed by atoms with Crippen molar-refractivity contribution >= 4 is 17.0 Å². The number of amides is 1. The van der Waals surface area contributed by atoms with Crippen molar-refractivity contribution in [3.63, 3.8) is 0 Å². The van der Waals surface area contributed by atoms with Crippen LogP contribution in [0.3, 0.4) is 0 Å². The number of ether oxygens (including phenoxy) is 1. The number of fused-ring (bicyclic) bond motifs is 1. The van der Waals surface area contributed by atoms with Crippen LogP contribution < -0.4 is 0 Å². The van der Waals surface area contributed by atoms with E-state index in [1.807, 2.05) is 19.3 Å². The average molecular weight is 341 g/mol. The van der Waals surface area contributed by atoms with Crippen molar-refractivity contribution in [2.45, 2.75) is 18.9 Å². The van der Waals surface area contributed by atoms with Crippen LogP contribution in [0.4, 0.5) is 0 Å². The molecule has 0 radical (unpaired) electrons. The lowest BCUT2D eigenvalue weighted by atomic mass is 10.0. The van der Waals surface area contributed by atoms with Gasteiger partial charge >= 0.3 is 0 Å². The molecule has 0 saturated carbocycles. The van der Waals surface area contributed by atoms with Gasteiger partial charge in [-0.3, -0.25) is 9.48 Å². The number of rotatable bonds is 3. The van der Waals surface area contributed by atoms with E-state index in [0.29, 0.717) is 30.1 Å². The predicted molar refractivity (Wildman–Crippen MR) is 89.2 cm³/mol. The largest absolute Gasteiger partial charge is 0.441 e. The molecule has 2 atom stereocenters. The quantitative estimate of drug-likeness (QED) is 0.718. The van der Waals surface area contributed by atoms with E-state index >= 15 is 0 Å². The van der Waals surface area contributed by atoms with Crippen LogP contribution in [0.15, 0.2) is 28.8 Å². The summed E-state index contributed by atoms with van der Waals surface area (Å²) < 4.78 is 12.8. The molecule has 1 saturated heterocycles. The highest BCUT2D eigenvalue weighted by atomic mass is 16.5. The molecule has 4 rings (SSSR count). The summed E-state index contributed by atoms with van der Waals surface area (Å²) >= 11 is 0. The summed E-state index contributed by atoms with van der Waals surface area (Å²) in [6.07, 6.45) is 1.77. The Balaban J connectivity index is 1.59. The normalized spacial score (nSPS) is 20.5. The smallest absolute Gasteiger partial charge is 0.254 e. The third-order valence-electron chi connectivity index (χ3n) is 4.60. The van der Waals surface area contributed by atoms with Gasteiger partial charge in [0.1, 0.15) is 5.52 Å². The van der Waals surface area contributed by atoms with E-state index in [-0.39, 0.29) is 17.9 Å². The summed E-state index contributed by atoms with van der Waals surface area (Å²) in [5.74, 6) is 0.547. The second kappa shape index (κ2) is 5.96. The van der Waals surface area contributed by atoms with Crippen LogP contribution in [0.5, 0.6) is 0 Å². The fourth-order valence-corrected chi connectivity index (χ4v) is 3.35. The number of hydrogen-bond acceptors (Lipinski definition) is 6. The van der Waals surface area contributed by atoms with Crippen LogP contribution in [0.1, 0.15) is 27.9 Å². The predicted octanol–water partition coefficient (Wildman–Crippen LogP) is 1.52. The van der Waals surface area contributed by atoms with E-state index in [1.165, 1.54) is 0 Å². The Kier molecular flexibility index (Phi) is 3.76. The molecule has 0 unspecified atom stereocenters. The van der Waals surface area contributed by atoms with Crippen LogP contribution in [0, 0.1) is 6.92 Å². The standard InChI is InChI=1S/C17H19N5O3/c1-10-18-13-5-4-11(6-15(13)25-10)17(23)22-7-12(16(9-22)24-3)14-8-21(2)20-19-14/h4-6,8,12,16H,7,9H2,1-3H3/t12-,16+/m0/s1. The lowest BCUT2D eigenvalue weighted by molar-refractivity contribution is 0.0714. The number of aromatic nitrogens is 4. The zero-order valence-corrected chi connectivity index (χ0v) is 14.3. The maximum absolute atomic E-state index is 12.9. The zero-order valence-electron chi connectivity index (χ0n) is 14.3. The SMILES string of the molecule is CO[C@@H]1CN(C(=O)c2ccc3nc(C)oc3c2)C[C@H]1c1cn(C)nn1. The highest BCUT2D eigenvalue weighted by Crippen LogP contribution is 2.29. The summed E-state index contributed by atoms with van der Waals surface area (Å²) in [6, 6.07) is 5.34. The van der Waals surface area contributed by atoms with E-state index in [2.05, 4.69) is 15.3 Å². The van der Waals surface area contributed by atoms with Gasteiger partial charge in [0, 0.05) is 45.9 Å². The molecule has 8 nitrogen and oxygen atoms in total. The minimum Gasteiger partial charge on any atom is -0.441 e. The first kappa shape index (κ1) is 15.8. The summed E-state index contributed by atoms with van der Waals surface area (Å²) in [6.45, 7) is 2.85. The molecular weight excluding hydrogens is 322 g/mol. The van der Waals surface area contributed by atoms with Gasteiger partial charge in [0.2, 0.25) is 0 Å². The lowest BCUT2D eigenvalue weighted by Gasteiger charge is -2.15. The molecule has 0 N–H and O–H groups in total. The highest BCUT2D eigenvalue weighted by molar-refractivity contribution is 5.97. The molecule has 8 heteroatoms. The highest BCUT2D eigenvalue weighted by Gasteiger charge is 2.38. The molecule has 1 aliphatic heterocycles. The molecule has 0 bridgehead atoms. The van der Waals surface area contributed by atoms with Gasteiger partial charge in [0.05, 0.1) is 17.7 Å². The molecule has 130 valence electrons. The van der Waals surface area contributed by atoms with Crippen LogP contribution in [0.2, 0.25) is 0 Å². The number of benzene rings is 1. The molecule has 1 aromatic carbocycles. The zero-order chi connectivity index (χ0) is 17.6. The molecule has 1 amide bonds. The Bertz CT molecular complexity index is 931. The Morgan fingerprint density at radius 1 is 1.36 bits per heavy atom. The van der Waals surface area contributed by atoms with Crippen LogP contribution in [0.25, 0.3) is 11.1 Å². The van der Waals surface area contributed by atoms with Crippen molar-refractivity contribution in [3.05, 3.63) is 41.5 Å². The maximum Gasteiger partial charge on any atom is 0.254 e. The summed E-state index contributed by atoms with van der Waals surface area (Å²) in [7, 11) is 3.48. The first-order chi connectivity index (χ1) is 12.0. The van der Waals surface area contributed by atoms with Gasteiger partial charge in [-0.15, -0.1) is 5.10 Å². The van der Waals surface area contributed by atoms with E-state index in [9.17, 15) is 4.79 Å². The molecule has 0 spiro atoms. The van der Waals surface area contributed by atoms with Crippen LogP contribution >= 0.6 is 0 Å². The number of aryl methyl sites for hydroxylation is 2. The van der Waals surface area contributed by atoms with E-state index in [1.54, 1.807) is 35.7 Å². The topological polar surface area (TPSA) is 86.3 Å². The number of methoxy groups -OCH3 is 1. The molecule has 1 aliphatic rings. The minimum atomic E-state index is -0.100. The van der Waals surface area contributed by atoms with Crippen LogP contribution in [-0.4, -0.2) is 57.1 Å². The van der Waals surface area contributed by atoms with Crippen molar-refractivity contribution in [3.8, 4) is 0 Å². The van der Waals surface area contributed by atoms with E-state index in [4.69, 9.17) is 9.15 Å². The van der Waals surface area contributed by atoms with Gasteiger partial charge in [-0.25, -0.2) is 4.98 Å². The number of carbonyl (C=O) groups excluding carboxylic acids is 1. The minimum absolute atomic E-state index is 0.0129. The number of hydrogen-bond donors (Lipinski definition) is 0. The first-order valence-corrected chi connectivity index (χ1v) is 8.10. The number of oxazole rings is 1. The van der Waals surface area contributed by atoms with Gasteiger partial charge in [0.15, 0.2) is 11.5 Å². The van der Waals surface area contributed by atoms with Gasteiger partial charge in [-0.2, -0.15) is 0 Å². The van der Waals surface area contributed by atoms with Gasteiger partial charge in [-0.1, -0.05) is 5.21 Å². The number of nitrogens with zero attached hydrogens (tertiary/aromatic N) is 5. The third-order valence-corrected chi connectivity index (χ3v) is 4.60. The maximum atomic E-state index is 12.9. The molecular formula is C17H19N5O3. The third kappa shape index (κ3) is 2.78.